The Morgan fingerprint density at radius 2 is 1.97 bits per heavy atom. The van der Waals surface area contributed by atoms with Gasteiger partial charge in [0.15, 0.2) is 0 Å². The van der Waals surface area contributed by atoms with Crippen LogP contribution in [0, 0.1) is 11.6 Å². The van der Waals surface area contributed by atoms with E-state index in [1.54, 1.807) is 6.20 Å². The summed E-state index contributed by atoms with van der Waals surface area (Å²) in [4.78, 5) is 22.2. The van der Waals surface area contributed by atoms with Crippen molar-refractivity contribution in [3.8, 4) is 11.3 Å². The molecule has 184 valence electrons. The number of nitrogens with one attached hydrogen (secondary N) is 2. The van der Waals surface area contributed by atoms with Crippen LogP contribution in [0.2, 0.25) is 0 Å². The lowest BCUT2D eigenvalue weighted by molar-refractivity contribution is -0.137. The van der Waals surface area contributed by atoms with Gasteiger partial charge in [0.1, 0.15) is 11.6 Å². The standard InChI is InChI=1S/C26H29F2N5O2/c27-21-13-18(14-22(28)15-21)6-8-30-26-31-9-7-24(32-26)20-3-1-2-19(12-20)17-33-11-10-29-16-23(33)4-5-25(34)35/h1-3,7,9,12-15,23,29H,4-6,8,10-11,16-17H2,(H,34,35)(H,30,31,32). The van der Waals surface area contributed by atoms with E-state index in [-0.39, 0.29) is 12.5 Å². The zero-order valence-electron chi connectivity index (χ0n) is 19.4. The number of rotatable bonds is 10. The first-order valence-corrected chi connectivity index (χ1v) is 11.7. The Kier molecular flexibility index (Phi) is 8.33. The van der Waals surface area contributed by atoms with Crippen molar-refractivity contribution in [2.75, 3.05) is 31.5 Å². The van der Waals surface area contributed by atoms with E-state index in [4.69, 9.17) is 5.11 Å². The molecule has 4 rings (SSSR count). The van der Waals surface area contributed by atoms with Crippen LogP contribution in [0.15, 0.2) is 54.7 Å². The molecule has 0 radical (unpaired) electrons. The Labute approximate surface area is 203 Å². The van der Waals surface area contributed by atoms with Crippen LogP contribution >= 0.6 is 0 Å². The third kappa shape index (κ3) is 7.27. The van der Waals surface area contributed by atoms with Gasteiger partial charge in [0.25, 0.3) is 0 Å². The van der Waals surface area contributed by atoms with E-state index in [1.165, 1.54) is 12.1 Å². The second-order valence-corrected chi connectivity index (χ2v) is 8.68. The molecule has 0 aliphatic carbocycles. The molecule has 0 amide bonds. The minimum atomic E-state index is -0.770. The number of anilines is 1. The highest BCUT2D eigenvalue weighted by atomic mass is 19.1. The molecule has 1 fully saturated rings. The van der Waals surface area contributed by atoms with Gasteiger partial charge in [-0.25, -0.2) is 18.7 Å². The molecule has 1 aliphatic rings. The largest absolute Gasteiger partial charge is 0.481 e. The third-order valence-electron chi connectivity index (χ3n) is 6.05. The summed E-state index contributed by atoms with van der Waals surface area (Å²) in [6.07, 6.45) is 2.89. The Morgan fingerprint density at radius 1 is 1.14 bits per heavy atom. The first-order valence-electron chi connectivity index (χ1n) is 11.7. The number of hydrogen-bond donors (Lipinski definition) is 3. The van der Waals surface area contributed by atoms with E-state index >= 15 is 0 Å². The second-order valence-electron chi connectivity index (χ2n) is 8.68. The van der Waals surface area contributed by atoms with Crippen molar-refractivity contribution < 1.29 is 18.7 Å². The molecular weight excluding hydrogens is 452 g/mol. The number of carbonyl (C=O) groups is 1. The summed E-state index contributed by atoms with van der Waals surface area (Å²) >= 11 is 0. The summed E-state index contributed by atoms with van der Waals surface area (Å²) in [6.45, 7) is 3.71. The van der Waals surface area contributed by atoms with E-state index in [9.17, 15) is 13.6 Å². The fourth-order valence-electron chi connectivity index (χ4n) is 4.33. The van der Waals surface area contributed by atoms with E-state index in [0.717, 1.165) is 49.1 Å². The maximum Gasteiger partial charge on any atom is 0.303 e. The molecule has 1 saturated heterocycles. The molecular formula is C26H29F2N5O2. The molecule has 1 atom stereocenters. The highest BCUT2D eigenvalue weighted by Crippen LogP contribution is 2.21. The van der Waals surface area contributed by atoms with Gasteiger partial charge in [0.2, 0.25) is 5.95 Å². The SMILES string of the molecule is O=C(O)CCC1CNCCN1Cc1cccc(-c2ccnc(NCCc3cc(F)cc(F)c3)n2)c1. The number of carboxylic acids is 1. The van der Waals surface area contributed by atoms with Crippen LogP contribution in [-0.2, 0) is 17.8 Å². The first kappa shape index (κ1) is 24.7. The zero-order chi connectivity index (χ0) is 24.6. The van der Waals surface area contributed by atoms with Crippen molar-refractivity contribution in [2.45, 2.75) is 31.8 Å². The van der Waals surface area contributed by atoms with E-state index in [2.05, 4.69) is 37.6 Å². The number of halogens is 2. The van der Waals surface area contributed by atoms with Gasteiger partial charge in [0, 0.05) is 63.0 Å². The molecule has 0 bridgehead atoms. The number of benzene rings is 2. The molecule has 0 spiro atoms. The fraction of sp³-hybridized carbons (Fsp3) is 0.346. The topological polar surface area (TPSA) is 90.4 Å². The van der Waals surface area contributed by atoms with Gasteiger partial charge in [-0.3, -0.25) is 9.69 Å². The minimum Gasteiger partial charge on any atom is -0.481 e. The second kappa shape index (κ2) is 11.8. The summed E-state index contributed by atoms with van der Waals surface area (Å²) < 4.78 is 26.8. The molecule has 1 aromatic heterocycles. The number of piperazine rings is 1. The molecule has 2 heterocycles. The molecule has 3 aromatic rings. The Balaban J connectivity index is 1.39. The normalized spacial score (nSPS) is 16.2. The molecule has 1 aliphatic heterocycles. The van der Waals surface area contributed by atoms with Crippen molar-refractivity contribution in [3.63, 3.8) is 0 Å². The van der Waals surface area contributed by atoms with Crippen molar-refractivity contribution in [1.29, 1.82) is 0 Å². The van der Waals surface area contributed by atoms with Gasteiger partial charge in [-0.15, -0.1) is 0 Å². The van der Waals surface area contributed by atoms with Gasteiger partial charge in [-0.1, -0.05) is 18.2 Å². The quantitative estimate of drug-likeness (QED) is 0.407. The molecule has 9 heteroatoms. The van der Waals surface area contributed by atoms with Crippen LogP contribution < -0.4 is 10.6 Å². The Bertz CT molecular complexity index is 1140. The minimum absolute atomic E-state index is 0.160. The summed E-state index contributed by atoms with van der Waals surface area (Å²) in [5, 5.41) is 15.5. The fourth-order valence-corrected chi connectivity index (χ4v) is 4.33. The molecule has 7 nitrogen and oxygen atoms in total. The van der Waals surface area contributed by atoms with Crippen molar-refractivity contribution in [3.05, 3.63) is 77.5 Å². The van der Waals surface area contributed by atoms with Gasteiger partial charge >= 0.3 is 5.97 Å². The third-order valence-corrected chi connectivity index (χ3v) is 6.05. The highest BCUT2D eigenvalue weighted by Gasteiger charge is 2.23. The van der Waals surface area contributed by atoms with Crippen LogP contribution in [0.3, 0.4) is 0 Å². The predicted molar refractivity (Wildman–Crippen MR) is 130 cm³/mol. The number of hydrogen-bond acceptors (Lipinski definition) is 6. The molecule has 2 aromatic carbocycles. The van der Waals surface area contributed by atoms with Crippen LogP contribution in [0.1, 0.15) is 24.0 Å². The van der Waals surface area contributed by atoms with Crippen LogP contribution in [0.25, 0.3) is 11.3 Å². The van der Waals surface area contributed by atoms with Gasteiger partial charge in [-0.2, -0.15) is 0 Å². The van der Waals surface area contributed by atoms with E-state index in [1.807, 2.05) is 18.2 Å². The Hall–Kier alpha value is -3.43. The lowest BCUT2D eigenvalue weighted by Gasteiger charge is -2.36. The maximum atomic E-state index is 13.4. The molecule has 1 unspecified atom stereocenters. The average molecular weight is 482 g/mol. The smallest absolute Gasteiger partial charge is 0.303 e. The van der Waals surface area contributed by atoms with Crippen LogP contribution in [0.5, 0.6) is 0 Å². The number of carboxylic acid groups (broad SMARTS) is 1. The highest BCUT2D eigenvalue weighted by molar-refractivity contribution is 5.66. The van der Waals surface area contributed by atoms with Crippen LogP contribution in [-0.4, -0.2) is 58.2 Å². The summed E-state index contributed by atoms with van der Waals surface area (Å²) in [7, 11) is 0. The van der Waals surface area contributed by atoms with Crippen molar-refractivity contribution >= 4 is 11.9 Å². The number of aromatic nitrogens is 2. The lowest BCUT2D eigenvalue weighted by atomic mass is 10.0. The van der Waals surface area contributed by atoms with Gasteiger partial charge in [-0.05, 0) is 48.2 Å². The lowest BCUT2D eigenvalue weighted by Crippen LogP contribution is -2.50. The van der Waals surface area contributed by atoms with Gasteiger partial charge in [0.05, 0.1) is 5.69 Å². The monoisotopic (exact) mass is 481 g/mol. The predicted octanol–water partition coefficient (Wildman–Crippen LogP) is 3.72. The van der Waals surface area contributed by atoms with E-state index < -0.39 is 17.6 Å². The molecule has 35 heavy (non-hydrogen) atoms. The van der Waals surface area contributed by atoms with E-state index in [0.29, 0.717) is 30.9 Å². The Morgan fingerprint density at radius 3 is 2.77 bits per heavy atom. The number of aliphatic carboxylic acids is 1. The zero-order valence-corrected chi connectivity index (χ0v) is 19.4. The summed E-state index contributed by atoms with van der Waals surface area (Å²) in [6, 6.07) is 13.7. The van der Waals surface area contributed by atoms with Crippen LogP contribution in [0.4, 0.5) is 14.7 Å². The first-order chi connectivity index (χ1) is 17.0. The summed E-state index contributed by atoms with van der Waals surface area (Å²) in [5.74, 6) is -1.51. The van der Waals surface area contributed by atoms with Crippen molar-refractivity contribution in [2.24, 2.45) is 0 Å². The molecule has 0 saturated carbocycles. The van der Waals surface area contributed by atoms with Crippen molar-refractivity contribution in [1.82, 2.24) is 20.2 Å². The average Bonchev–Trinajstić information content (AvgIpc) is 2.83. The number of nitrogens with zero attached hydrogens (tertiary/aromatic N) is 3. The summed E-state index contributed by atoms with van der Waals surface area (Å²) in [5.41, 5.74) is 3.42. The molecule has 3 N–H and O–H groups in total. The van der Waals surface area contributed by atoms with Gasteiger partial charge < -0.3 is 15.7 Å². The maximum absolute atomic E-state index is 13.4.